The molecule has 1 saturated heterocycles. The van der Waals surface area contributed by atoms with Gasteiger partial charge >= 0.3 is 0 Å². The summed E-state index contributed by atoms with van der Waals surface area (Å²) in [5, 5.41) is 12.5. The van der Waals surface area contributed by atoms with Gasteiger partial charge in [-0.2, -0.15) is 0 Å². The van der Waals surface area contributed by atoms with E-state index in [2.05, 4.69) is 0 Å². The van der Waals surface area contributed by atoms with Crippen LogP contribution in [-0.4, -0.2) is 28.5 Å². The van der Waals surface area contributed by atoms with Gasteiger partial charge in [-0.15, -0.1) is 0 Å². The van der Waals surface area contributed by atoms with Gasteiger partial charge in [-0.25, -0.2) is 4.90 Å². The molecule has 3 aromatic rings. The highest BCUT2D eigenvalue weighted by Gasteiger charge is 2.56. The molecule has 0 bridgehead atoms. The highest BCUT2D eigenvalue weighted by atomic mass is 35.5. The van der Waals surface area contributed by atoms with Crippen LogP contribution in [0.15, 0.2) is 89.0 Å². The van der Waals surface area contributed by atoms with E-state index in [1.807, 2.05) is 37.3 Å². The number of phenols is 1. The first-order valence-corrected chi connectivity index (χ1v) is 14.1. The number of carbonyl (C=O) groups excluding carboxylic acids is 4. The first kappa shape index (κ1) is 25.7. The van der Waals surface area contributed by atoms with E-state index in [0.29, 0.717) is 39.2 Å². The minimum atomic E-state index is -0.670. The van der Waals surface area contributed by atoms with Crippen molar-refractivity contribution in [1.29, 1.82) is 0 Å². The third-order valence-electron chi connectivity index (χ3n) is 9.22. The number of aryl methyl sites for hydroxylation is 1. The second-order valence-electron chi connectivity index (χ2n) is 11.4. The average molecular weight is 564 g/mol. The van der Waals surface area contributed by atoms with Crippen molar-refractivity contribution in [2.45, 2.75) is 32.6 Å². The fourth-order valence-electron chi connectivity index (χ4n) is 7.27. The van der Waals surface area contributed by atoms with Crippen LogP contribution in [0.4, 0.5) is 5.69 Å². The Morgan fingerprint density at radius 3 is 2.41 bits per heavy atom. The number of amides is 2. The highest BCUT2D eigenvalue weighted by Crippen LogP contribution is 2.56. The molecule has 3 aliphatic carbocycles. The number of aromatic hydroxyl groups is 1. The normalized spacial score (nSPS) is 25.7. The predicted octanol–water partition coefficient (Wildman–Crippen LogP) is 6.14. The maximum absolute atomic E-state index is 14.1. The van der Waals surface area contributed by atoms with Crippen molar-refractivity contribution in [3.05, 3.63) is 105 Å². The summed E-state index contributed by atoms with van der Waals surface area (Å²) in [6, 6.07) is 16.0. The summed E-state index contributed by atoms with van der Waals surface area (Å²) in [5.74, 6) is -3.14. The molecule has 1 fully saturated rings. The summed E-state index contributed by atoms with van der Waals surface area (Å²) in [5.41, 5.74) is 4.15. The molecule has 6 nitrogen and oxygen atoms in total. The van der Waals surface area contributed by atoms with Crippen LogP contribution in [0.2, 0.25) is 5.02 Å². The Morgan fingerprint density at radius 2 is 1.66 bits per heavy atom. The number of carbonyl (C=O) groups is 4. The summed E-state index contributed by atoms with van der Waals surface area (Å²) in [4.78, 5) is 56.2. The Balaban J connectivity index is 1.41. The summed E-state index contributed by atoms with van der Waals surface area (Å²) >= 11 is 6.36. The van der Waals surface area contributed by atoms with Crippen molar-refractivity contribution in [2.24, 2.45) is 17.8 Å². The van der Waals surface area contributed by atoms with Gasteiger partial charge in [0.1, 0.15) is 5.75 Å². The Labute approximate surface area is 241 Å². The molecule has 0 aromatic heterocycles. The molecule has 0 spiro atoms. The number of allylic oxidation sites excluding steroid dienone is 6. The SMILES string of the molecule is CC1=CC(=O)C2=C(C[C@@H]3C(=CC[C@@H]4C(=O)N(c5ccc(C)c(Cl)c5)C(=O)[C@@H]43)[C@@H]2c2ccc(O)c3ccccc23)C1=O. The van der Waals surface area contributed by atoms with E-state index in [0.717, 1.165) is 22.1 Å². The largest absolute Gasteiger partial charge is 0.507 e. The number of benzene rings is 3. The third-order valence-corrected chi connectivity index (χ3v) is 9.63. The second kappa shape index (κ2) is 9.11. The Bertz CT molecular complexity index is 1850. The molecule has 2 amide bonds. The summed E-state index contributed by atoms with van der Waals surface area (Å²) in [6.07, 6.45) is 3.97. The maximum atomic E-state index is 14.1. The van der Waals surface area contributed by atoms with Crippen molar-refractivity contribution in [1.82, 2.24) is 0 Å². The number of nitrogens with zero attached hydrogens (tertiary/aromatic N) is 1. The number of halogens is 1. The van der Waals surface area contributed by atoms with E-state index in [-0.39, 0.29) is 35.6 Å². The van der Waals surface area contributed by atoms with Crippen LogP contribution in [0.25, 0.3) is 10.8 Å². The lowest BCUT2D eigenvalue weighted by molar-refractivity contribution is -0.123. The van der Waals surface area contributed by atoms with Gasteiger partial charge in [0.05, 0.1) is 17.5 Å². The first-order valence-electron chi connectivity index (χ1n) is 13.7. The number of hydrogen-bond donors (Lipinski definition) is 1. The minimum absolute atomic E-state index is 0.120. The van der Waals surface area contributed by atoms with Crippen LogP contribution in [0, 0.1) is 24.7 Å². The molecule has 7 heteroatoms. The molecule has 0 unspecified atom stereocenters. The van der Waals surface area contributed by atoms with Gasteiger partial charge in [-0.1, -0.05) is 59.6 Å². The number of Topliss-reactive ketones (excluding diaryl/α,β-unsaturated/α-hetero) is 1. The molecule has 1 N–H and O–H groups in total. The minimum Gasteiger partial charge on any atom is -0.507 e. The van der Waals surface area contributed by atoms with Gasteiger partial charge < -0.3 is 5.11 Å². The molecule has 1 heterocycles. The summed E-state index contributed by atoms with van der Waals surface area (Å²) in [6.45, 7) is 3.49. The Hall–Kier alpha value is -4.29. The number of ketones is 2. The zero-order valence-corrected chi connectivity index (χ0v) is 23.2. The Morgan fingerprint density at radius 1 is 0.902 bits per heavy atom. The molecule has 3 aromatic carbocycles. The van der Waals surface area contributed by atoms with Gasteiger partial charge in [-0.3, -0.25) is 19.2 Å². The highest BCUT2D eigenvalue weighted by molar-refractivity contribution is 6.32. The van der Waals surface area contributed by atoms with Gasteiger partial charge in [0.15, 0.2) is 11.6 Å². The second-order valence-corrected chi connectivity index (χ2v) is 11.8. The monoisotopic (exact) mass is 563 g/mol. The topological polar surface area (TPSA) is 91.8 Å². The van der Waals surface area contributed by atoms with E-state index in [1.54, 1.807) is 37.3 Å². The smallest absolute Gasteiger partial charge is 0.238 e. The van der Waals surface area contributed by atoms with E-state index in [9.17, 15) is 24.3 Å². The molecule has 1 aliphatic heterocycles. The van der Waals surface area contributed by atoms with Gasteiger partial charge in [0, 0.05) is 33.0 Å². The molecule has 204 valence electrons. The number of phenolic OH excluding ortho intramolecular Hbond substituents is 1. The van der Waals surface area contributed by atoms with E-state index >= 15 is 0 Å². The quantitative estimate of drug-likeness (QED) is 0.230. The van der Waals surface area contributed by atoms with E-state index < -0.39 is 23.7 Å². The number of fused-ring (bicyclic) bond motifs is 4. The maximum Gasteiger partial charge on any atom is 0.238 e. The molecule has 41 heavy (non-hydrogen) atoms. The van der Waals surface area contributed by atoms with Crippen molar-refractivity contribution >= 4 is 51.4 Å². The molecule has 7 rings (SSSR count). The lowest BCUT2D eigenvalue weighted by Gasteiger charge is -2.42. The first-order chi connectivity index (χ1) is 19.7. The van der Waals surface area contributed by atoms with Crippen LogP contribution in [-0.2, 0) is 19.2 Å². The number of rotatable bonds is 2. The molecule has 4 aliphatic rings. The fourth-order valence-corrected chi connectivity index (χ4v) is 7.45. The van der Waals surface area contributed by atoms with Crippen LogP contribution < -0.4 is 4.90 Å². The average Bonchev–Trinajstić information content (AvgIpc) is 3.22. The van der Waals surface area contributed by atoms with Crippen molar-refractivity contribution in [3.8, 4) is 5.75 Å². The molecule has 4 atom stereocenters. The molecule has 0 radical (unpaired) electrons. The summed E-state index contributed by atoms with van der Waals surface area (Å²) in [7, 11) is 0. The lowest BCUT2D eigenvalue weighted by atomic mass is 9.59. The van der Waals surface area contributed by atoms with Gasteiger partial charge in [0.2, 0.25) is 11.8 Å². The van der Waals surface area contributed by atoms with Gasteiger partial charge in [-0.05, 0) is 73.4 Å². The molecular weight excluding hydrogens is 538 g/mol. The molecular formula is C34H26ClNO5. The van der Waals surface area contributed by atoms with Crippen molar-refractivity contribution in [3.63, 3.8) is 0 Å². The van der Waals surface area contributed by atoms with Crippen LogP contribution in [0.3, 0.4) is 0 Å². The van der Waals surface area contributed by atoms with Crippen molar-refractivity contribution in [2.75, 3.05) is 4.90 Å². The third kappa shape index (κ3) is 3.63. The van der Waals surface area contributed by atoms with Gasteiger partial charge in [0.25, 0.3) is 0 Å². The molecule has 0 saturated carbocycles. The van der Waals surface area contributed by atoms with E-state index in [4.69, 9.17) is 11.6 Å². The fraction of sp³-hybridized carbons (Fsp3) is 0.235. The van der Waals surface area contributed by atoms with Crippen LogP contribution in [0.5, 0.6) is 5.75 Å². The van der Waals surface area contributed by atoms with E-state index in [1.165, 1.54) is 11.0 Å². The zero-order chi connectivity index (χ0) is 28.7. The predicted molar refractivity (Wildman–Crippen MR) is 156 cm³/mol. The number of hydrogen-bond acceptors (Lipinski definition) is 5. The standard InChI is InChI=1S/C34H26ClNO5/c1-16-7-8-18(14-26(16)35)36-33(40)23-10-9-22-24(30(23)34(36)41)15-25-31(28(38)13-17(2)32(25)39)29(22)21-11-12-27(37)20-6-4-3-5-19(20)21/h3-9,11-14,23-24,29-30,37H,10,15H2,1-2H3/t23-,24+,29-,30-/m0/s1. The van der Waals surface area contributed by atoms with Crippen LogP contribution in [0.1, 0.15) is 36.8 Å². The number of anilines is 1. The number of imide groups is 1. The lowest BCUT2D eigenvalue weighted by Crippen LogP contribution is -2.39. The zero-order valence-electron chi connectivity index (χ0n) is 22.5. The van der Waals surface area contributed by atoms with Crippen LogP contribution >= 0.6 is 11.6 Å². The van der Waals surface area contributed by atoms with Crippen molar-refractivity contribution < 1.29 is 24.3 Å². The summed E-state index contributed by atoms with van der Waals surface area (Å²) < 4.78 is 0. The Kier molecular flexibility index (Phi) is 5.70.